The smallest absolute Gasteiger partial charge is 0.252 e. The maximum Gasteiger partial charge on any atom is 0.252 e. The van der Waals surface area contributed by atoms with Crippen molar-refractivity contribution in [2.45, 2.75) is 25.9 Å². The maximum absolute atomic E-state index is 13.6. The van der Waals surface area contributed by atoms with Crippen LogP contribution in [0.2, 0.25) is 5.02 Å². The molecule has 1 saturated heterocycles. The highest BCUT2D eigenvalue weighted by atomic mass is 35.5. The molecule has 2 N–H and O–H groups in total. The molecule has 1 fully saturated rings. The topological polar surface area (TPSA) is 83.0 Å². The number of anilines is 1. The molecule has 0 aromatic carbocycles. The molecule has 2 rings (SSSR count). The number of rotatable bonds is 3. The van der Waals surface area contributed by atoms with Gasteiger partial charge in [0.1, 0.15) is 11.9 Å². The fraction of sp³-hybridized carbons (Fsp3) is 0.500. The van der Waals surface area contributed by atoms with Crippen molar-refractivity contribution >= 4 is 23.3 Å². The zero-order valence-electron chi connectivity index (χ0n) is 11.6. The minimum Gasteiger partial charge on any atom is -0.367 e. The number of nitriles is 1. The monoisotopic (exact) mass is 310 g/mol. The Balaban J connectivity index is 2.11. The molecule has 0 unspecified atom stereocenters. The first-order chi connectivity index (χ1) is 9.93. The van der Waals surface area contributed by atoms with Crippen LogP contribution in [0.4, 0.5) is 10.2 Å². The van der Waals surface area contributed by atoms with Gasteiger partial charge in [-0.2, -0.15) is 5.26 Å². The number of nitrogens with zero attached hydrogens (tertiary/aromatic N) is 3. The standard InChI is InChI=1S/C14H16ClFN4O/c1-8-10(7-17)6-11(15)14(19-8)20-4-2-9(3-5-20)12(16)13(18)21/h6,9,12H,2-5H2,1H3,(H2,18,21)/t12-/m0/s1. The number of carbonyl (C=O) groups excluding carboxylic acids is 1. The number of hydrogen-bond acceptors (Lipinski definition) is 4. The first-order valence-electron chi connectivity index (χ1n) is 6.69. The van der Waals surface area contributed by atoms with E-state index in [-0.39, 0.29) is 5.92 Å². The number of alkyl halides is 1. The van der Waals surface area contributed by atoms with Crippen LogP contribution in [0.5, 0.6) is 0 Å². The van der Waals surface area contributed by atoms with Gasteiger partial charge in [0.2, 0.25) is 0 Å². The van der Waals surface area contributed by atoms with Gasteiger partial charge in [0.25, 0.3) is 5.91 Å². The Bertz CT molecular complexity index is 593. The van der Waals surface area contributed by atoms with Crippen LogP contribution in [-0.2, 0) is 4.79 Å². The molecular formula is C14H16ClFN4O. The van der Waals surface area contributed by atoms with Crippen LogP contribution in [0, 0.1) is 24.2 Å². The van der Waals surface area contributed by atoms with E-state index in [1.54, 1.807) is 13.0 Å². The zero-order chi connectivity index (χ0) is 15.6. The van der Waals surface area contributed by atoms with E-state index in [1.165, 1.54) is 0 Å². The van der Waals surface area contributed by atoms with E-state index in [9.17, 15) is 9.18 Å². The van der Waals surface area contributed by atoms with Gasteiger partial charge in [0.05, 0.1) is 16.3 Å². The molecule has 1 aromatic heterocycles. The van der Waals surface area contributed by atoms with E-state index >= 15 is 0 Å². The molecule has 1 atom stereocenters. The lowest BCUT2D eigenvalue weighted by atomic mass is 9.92. The third-order valence-electron chi connectivity index (χ3n) is 3.79. The van der Waals surface area contributed by atoms with Gasteiger partial charge in [0.15, 0.2) is 6.17 Å². The molecule has 0 bridgehead atoms. The summed E-state index contributed by atoms with van der Waals surface area (Å²) >= 11 is 6.16. The van der Waals surface area contributed by atoms with Gasteiger partial charge in [-0.3, -0.25) is 4.79 Å². The van der Waals surface area contributed by atoms with Crippen molar-refractivity contribution in [2.75, 3.05) is 18.0 Å². The summed E-state index contributed by atoms with van der Waals surface area (Å²) in [6.07, 6.45) is -0.569. The molecular weight excluding hydrogens is 295 g/mol. The van der Waals surface area contributed by atoms with Crippen LogP contribution in [-0.4, -0.2) is 30.2 Å². The average Bonchev–Trinajstić information content (AvgIpc) is 2.48. The molecule has 0 spiro atoms. The van der Waals surface area contributed by atoms with Crippen LogP contribution in [0.15, 0.2) is 6.07 Å². The van der Waals surface area contributed by atoms with Crippen LogP contribution in [0.3, 0.4) is 0 Å². The summed E-state index contributed by atoms with van der Waals surface area (Å²) < 4.78 is 13.6. The van der Waals surface area contributed by atoms with Gasteiger partial charge in [0, 0.05) is 19.0 Å². The summed E-state index contributed by atoms with van der Waals surface area (Å²) in [7, 11) is 0. The molecule has 0 radical (unpaired) electrons. The Labute approximate surface area is 127 Å². The summed E-state index contributed by atoms with van der Waals surface area (Å²) in [6.45, 7) is 2.85. The van der Waals surface area contributed by atoms with Gasteiger partial charge in [-0.25, -0.2) is 9.37 Å². The van der Waals surface area contributed by atoms with Crippen LogP contribution < -0.4 is 10.6 Å². The zero-order valence-corrected chi connectivity index (χ0v) is 12.4. The van der Waals surface area contributed by atoms with Gasteiger partial charge in [-0.15, -0.1) is 0 Å². The number of amides is 1. The normalized spacial score (nSPS) is 17.3. The van der Waals surface area contributed by atoms with E-state index in [1.807, 2.05) is 11.0 Å². The van der Waals surface area contributed by atoms with Crippen molar-refractivity contribution in [2.24, 2.45) is 11.7 Å². The fourth-order valence-corrected chi connectivity index (χ4v) is 2.81. The Hall–Kier alpha value is -1.87. The minimum absolute atomic E-state index is 0.350. The highest BCUT2D eigenvalue weighted by Crippen LogP contribution is 2.31. The Morgan fingerprint density at radius 3 is 2.76 bits per heavy atom. The van der Waals surface area contributed by atoms with Crippen molar-refractivity contribution in [3.8, 4) is 6.07 Å². The number of pyridine rings is 1. The van der Waals surface area contributed by atoms with Crippen molar-refractivity contribution in [1.82, 2.24) is 4.98 Å². The third-order valence-corrected chi connectivity index (χ3v) is 4.07. The van der Waals surface area contributed by atoms with Gasteiger partial charge < -0.3 is 10.6 Å². The predicted molar refractivity (Wildman–Crippen MR) is 77.7 cm³/mol. The van der Waals surface area contributed by atoms with E-state index in [4.69, 9.17) is 22.6 Å². The number of nitrogens with two attached hydrogens (primary N) is 1. The highest BCUT2D eigenvalue weighted by Gasteiger charge is 2.31. The summed E-state index contributed by atoms with van der Waals surface area (Å²) in [5, 5.41) is 9.35. The second-order valence-corrected chi connectivity index (χ2v) is 5.57. The SMILES string of the molecule is Cc1nc(N2CCC([C@H](F)C(N)=O)CC2)c(Cl)cc1C#N. The van der Waals surface area contributed by atoms with E-state index < -0.39 is 12.1 Å². The lowest BCUT2D eigenvalue weighted by Crippen LogP contribution is -2.41. The minimum atomic E-state index is -1.60. The summed E-state index contributed by atoms with van der Waals surface area (Å²) in [5.74, 6) is -0.656. The van der Waals surface area contributed by atoms with Crippen molar-refractivity contribution in [3.63, 3.8) is 0 Å². The second kappa shape index (κ2) is 6.27. The lowest BCUT2D eigenvalue weighted by molar-refractivity contribution is -0.124. The number of carbonyl (C=O) groups is 1. The predicted octanol–water partition coefficient (Wildman–Crippen LogP) is 1.95. The second-order valence-electron chi connectivity index (χ2n) is 5.17. The summed E-state index contributed by atoms with van der Waals surface area (Å²) in [6, 6.07) is 3.62. The number of piperidine rings is 1. The van der Waals surface area contributed by atoms with Crippen LogP contribution >= 0.6 is 11.6 Å². The van der Waals surface area contributed by atoms with E-state index in [0.717, 1.165) is 0 Å². The molecule has 5 nitrogen and oxygen atoms in total. The van der Waals surface area contributed by atoms with E-state index in [0.29, 0.717) is 48.0 Å². The Morgan fingerprint density at radius 2 is 2.24 bits per heavy atom. The first-order valence-corrected chi connectivity index (χ1v) is 7.07. The largest absolute Gasteiger partial charge is 0.367 e. The van der Waals surface area contributed by atoms with Crippen LogP contribution in [0.1, 0.15) is 24.1 Å². The van der Waals surface area contributed by atoms with E-state index in [2.05, 4.69) is 4.98 Å². The molecule has 0 aliphatic carbocycles. The molecule has 2 heterocycles. The molecule has 112 valence electrons. The molecule has 7 heteroatoms. The summed E-state index contributed by atoms with van der Waals surface area (Å²) in [5.41, 5.74) is 6.05. The summed E-state index contributed by atoms with van der Waals surface area (Å²) in [4.78, 5) is 17.2. The number of aromatic nitrogens is 1. The maximum atomic E-state index is 13.6. The molecule has 21 heavy (non-hydrogen) atoms. The molecule has 1 amide bonds. The first kappa shape index (κ1) is 15.5. The number of hydrogen-bond donors (Lipinski definition) is 1. The quantitative estimate of drug-likeness (QED) is 0.925. The molecule has 0 saturated carbocycles. The molecule has 1 aromatic rings. The van der Waals surface area contributed by atoms with Crippen molar-refractivity contribution in [3.05, 3.63) is 22.3 Å². The molecule has 1 aliphatic rings. The Kier molecular flexibility index (Phi) is 4.63. The fourth-order valence-electron chi connectivity index (χ4n) is 2.54. The molecule has 1 aliphatic heterocycles. The van der Waals surface area contributed by atoms with Gasteiger partial charge in [-0.1, -0.05) is 11.6 Å². The van der Waals surface area contributed by atoms with Crippen molar-refractivity contribution < 1.29 is 9.18 Å². The number of halogens is 2. The number of primary amides is 1. The van der Waals surface area contributed by atoms with Crippen LogP contribution in [0.25, 0.3) is 0 Å². The average molecular weight is 311 g/mol. The van der Waals surface area contributed by atoms with Crippen molar-refractivity contribution in [1.29, 1.82) is 5.26 Å². The van der Waals surface area contributed by atoms with Gasteiger partial charge >= 0.3 is 0 Å². The highest BCUT2D eigenvalue weighted by molar-refractivity contribution is 6.33. The van der Waals surface area contributed by atoms with Gasteiger partial charge in [-0.05, 0) is 25.8 Å². The Morgan fingerprint density at radius 1 is 1.62 bits per heavy atom. The third kappa shape index (κ3) is 3.24. The number of aryl methyl sites for hydroxylation is 1. The lowest BCUT2D eigenvalue weighted by Gasteiger charge is -2.34.